The lowest BCUT2D eigenvalue weighted by atomic mass is 9.74. The molecule has 1 fully saturated rings. The van der Waals surface area contributed by atoms with Crippen molar-refractivity contribution in [2.75, 3.05) is 0 Å². The van der Waals surface area contributed by atoms with E-state index in [1.807, 2.05) is 0 Å². The van der Waals surface area contributed by atoms with Gasteiger partial charge in [0, 0.05) is 6.04 Å². The SMILES string of the molecule is C=C(C)CC(NN)C1CCC(C(C)C)CC1. The van der Waals surface area contributed by atoms with Crippen molar-refractivity contribution >= 4 is 0 Å². The summed E-state index contributed by atoms with van der Waals surface area (Å²) in [5.41, 5.74) is 4.22. The molecule has 16 heavy (non-hydrogen) atoms. The van der Waals surface area contributed by atoms with Crippen LogP contribution in [0.4, 0.5) is 0 Å². The highest BCUT2D eigenvalue weighted by atomic mass is 15.2. The molecule has 0 aromatic heterocycles. The molecule has 0 spiro atoms. The van der Waals surface area contributed by atoms with Gasteiger partial charge in [-0.2, -0.15) is 0 Å². The molecule has 1 unspecified atom stereocenters. The minimum atomic E-state index is 0.436. The first kappa shape index (κ1) is 13.7. The zero-order valence-electron chi connectivity index (χ0n) is 11.1. The first-order chi connectivity index (χ1) is 7.54. The first-order valence-electron chi connectivity index (χ1n) is 6.65. The Hall–Kier alpha value is -0.340. The summed E-state index contributed by atoms with van der Waals surface area (Å²) in [5, 5.41) is 0. The Kier molecular flexibility index (Phi) is 5.50. The van der Waals surface area contributed by atoms with E-state index in [1.54, 1.807) is 0 Å². The average Bonchev–Trinajstić information content (AvgIpc) is 2.25. The largest absolute Gasteiger partial charge is 0.271 e. The molecule has 0 bridgehead atoms. The summed E-state index contributed by atoms with van der Waals surface area (Å²) in [6.45, 7) is 10.8. The summed E-state index contributed by atoms with van der Waals surface area (Å²) in [6, 6.07) is 0.436. The maximum Gasteiger partial charge on any atom is 0.0275 e. The summed E-state index contributed by atoms with van der Waals surface area (Å²) < 4.78 is 0. The summed E-state index contributed by atoms with van der Waals surface area (Å²) >= 11 is 0. The van der Waals surface area contributed by atoms with Gasteiger partial charge < -0.3 is 0 Å². The second-order valence-corrected chi connectivity index (χ2v) is 5.85. The normalized spacial score (nSPS) is 28.1. The molecule has 1 aliphatic rings. The molecule has 1 atom stereocenters. The van der Waals surface area contributed by atoms with Crippen molar-refractivity contribution < 1.29 is 0 Å². The molecule has 0 aromatic carbocycles. The van der Waals surface area contributed by atoms with E-state index in [4.69, 9.17) is 5.84 Å². The van der Waals surface area contributed by atoms with Crippen LogP contribution in [0.25, 0.3) is 0 Å². The number of nitrogens with one attached hydrogen (secondary N) is 1. The van der Waals surface area contributed by atoms with Gasteiger partial charge in [-0.15, -0.1) is 6.58 Å². The van der Waals surface area contributed by atoms with Crippen molar-refractivity contribution in [3.63, 3.8) is 0 Å². The fraction of sp³-hybridized carbons (Fsp3) is 0.857. The van der Waals surface area contributed by atoms with Crippen molar-refractivity contribution in [1.82, 2.24) is 5.43 Å². The number of rotatable bonds is 5. The van der Waals surface area contributed by atoms with Crippen LogP contribution in [0, 0.1) is 17.8 Å². The molecule has 1 rings (SSSR count). The first-order valence-corrected chi connectivity index (χ1v) is 6.65. The molecule has 3 N–H and O–H groups in total. The predicted molar refractivity (Wildman–Crippen MR) is 70.8 cm³/mol. The Bertz CT molecular complexity index is 215. The lowest BCUT2D eigenvalue weighted by molar-refractivity contribution is 0.188. The zero-order valence-corrected chi connectivity index (χ0v) is 11.1. The highest BCUT2D eigenvalue weighted by molar-refractivity contribution is 4.95. The fourth-order valence-electron chi connectivity index (χ4n) is 2.95. The minimum Gasteiger partial charge on any atom is -0.271 e. The monoisotopic (exact) mass is 224 g/mol. The van der Waals surface area contributed by atoms with Crippen molar-refractivity contribution in [2.24, 2.45) is 23.6 Å². The lowest BCUT2D eigenvalue weighted by Crippen LogP contribution is -2.42. The quantitative estimate of drug-likeness (QED) is 0.427. The van der Waals surface area contributed by atoms with Gasteiger partial charge in [0.25, 0.3) is 0 Å². The maximum atomic E-state index is 5.66. The Labute approximate surface area is 101 Å². The maximum absolute atomic E-state index is 5.66. The topological polar surface area (TPSA) is 38.0 Å². The summed E-state index contributed by atoms with van der Waals surface area (Å²) in [6.07, 6.45) is 6.41. The van der Waals surface area contributed by atoms with Crippen LogP contribution in [0.15, 0.2) is 12.2 Å². The van der Waals surface area contributed by atoms with E-state index in [-0.39, 0.29) is 0 Å². The molecule has 0 amide bonds. The fourth-order valence-corrected chi connectivity index (χ4v) is 2.95. The Morgan fingerprint density at radius 3 is 2.12 bits per heavy atom. The third-order valence-electron chi connectivity index (χ3n) is 4.11. The molecule has 94 valence electrons. The van der Waals surface area contributed by atoms with Crippen LogP contribution < -0.4 is 11.3 Å². The Balaban J connectivity index is 2.41. The Morgan fingerprint density at radius 1 is 1.25 bits per heavy atom. The van der Waals surface area contributed by atoms with Gasteiger partial charge in [0.05, 0.1) is 0 Å². The molecule has 1 aliphatic carbocycles. The smallest absolute Gasteiger partial charge is 0.0275 e. The van der Waals surface area contributed by atoms with E-state index < -0.39 is 0 Å². The highest BCUT2D eigenvalue weighted by Crippen LogP contribution is 2.35. The second-order valence-electron chi connectivity index (χ2n) is 5.85. The number of hydrogen-bond acceptors (Lipinski definition) is 2. The summed E-state index contributed by atoms with van der Waals surface area (Å²) in [4.78, 5) is 0. The molecule has 2 nitrogen and oxygen atoms in total. The summed E-state index contributed by atoms with van der Waals surface area (Å²) in [7, 11) is 0. The van der Waals surface area contributed by atoms with Crippen molar-refractivity contribution in [2.45, 2.75) is 58.9 Å². The molecular formula is C14H28N2. The van der Waals surface area contributed by atoms with Gasteiger partial charge in [0.1, 0.15) is 0 Å². The van der Waals surface area contributed by atoms with Crippen LogP contribution >= 0.6 is 0 Å². The van der Waals surface area contributed by atoms with E-state index in [1.165, 1.54) is 31.3 Å². The molecule has 2 heteroatoms. The van der Waals surface area contributed by atoms with E-state index in [2.05, 4.69) is 32.8 Å². The van der Waals surface area contributed by atoms with Crippen molar-refractivity contribution in [3.05, 3.63) is 12.2 Å². The average molecular weight is 224 g/mol. The zero-order chi connectivity index (χ0) is 12.1. The van der Waals surface area contributed by atoms with Gasteiger partial charge in [0.15, 0.2) is 0 Å². The van der Waals surface area contributed by atoms with Crippen LogP contribution in [0.5, 0.6) is 0 Å². The third kappa shape index (κ3) is 3.91. The van der Waals surface area contributed by atoms with Gasteiger partial charge >= 0.3 is 0 Å². The molecule has 0 aliphatic heterocycles. The Morgan fingerprint density at radius 2 is 1.75 bits per heavy atom. The van der Waals surface area contributed by atoms with E-state index in [0.29, 0.717) is 6.04 Å². The molecular weight excluding hydrogens is 196 g/mol. The van der Waals surface area contributed by atoms with Gasteiger partial charge in [0.2, 0.25) is 0 Å². The van der Waals surface area contributed by atoms with Crippen LogP contribution in [-0.2, 0) is 0 Å². The van der Waals surface area contributed by atoms with E-state index in [9.17, 15) is 0 Å². The second kappa shape index (κ2) is 6.41. The predicted octanol–water partition coefficient (Wildman–Crippen LogP) is 3.25. The molecule has 0 aromatic rings. The highest BCUT2D eigenvalue weighted by Gasteiger charge is 2.28. The number of nitrogens with two attached hydrogens (primary N) is 1. The van der Waals surface area contributed by atoms with Gasteiger partial charge in [-0.3, -0.25) is 11.3 Å². The molecule has 0 radical (unpaired) electrons. The number of hydrazine groups is 1. The standard InChI is InChI=1S/C14H28N2/c1-10(2)9-14(16-15)13-7-5-12(6-8-13)11(3)4/h11-14,16H,1,5-9,15H2,2-4H3. The van der Waals surface area contributed by atoms with Crippen molar-refractivity contribution in [3.8, 4) is 0 Å². The van der Waals surface area contributed by atoms with Gasteiger partial charge in [-0.05, 0) is 56.8 Å². The minimum absolute atomic E-state index is 0.436. The molecule has 0 heterocycles. The van der Waals surface area contributed by atoms with E-state index >= 15 is 0 Å². The third-order valence-corrected chi connectivity index (χ3v) is 4.11. The van der Waals surface area contributed by atoms with Crippen LogP contribution in [0.2, 0.25) is 0 Å². The van der Waals surface area contributed by atoms with E-state index in [0.717, 1.165) is 24.2 Å². The summed E-state index contributed by atoms with van der Waals surface area (Å²) in [5.74, 6) is 8.17. The molecule has 0 saturated heterocycles. The number of hydrogen-bond donors (Lipinski definition) is 2. The van der Waals surface area contributed by atoms with Crippen LogP contribution in [0.3, 0.4) is 0 Å². The van der Waals surface area contributed by atoms with Gasteiger partial charge in [-0.1, -0.05) is 19.4 Å². The van der Waals surface area contributed by atoms with Gasteiger partial charge in [-0.25, -0.2) is 0 Å². The molecule has 1 saturated carbocycles. The van der Waals surface area contributed by atoms with Crippen LogP contribution in [-0.4, -0.2) is 6.04 Å². The van der Waals surface area contributed by atoms with Crippen LogP contribution in [0.1, 0.15) is 52.9 Å². The van der Waals surface area contributed by atoms with Crippen molar-refractivity contribution in [1.29, 1.82) is 0 Å². The lowest BCUT2D eigenvalue weighted by Gasteiger charge is -2.35.